The van der Waals surface area contributed by atoms with Gasteiger partial charge in [0.2, 0.25) is 0 Å². The van der Waals surface area contributed by atoms with Crippen molar-refractivity contribution >= 4 is 11.6 Å². The van der Waals surface area contributed by atoms with Gasteiger partial charge in [0, 0.05) is 12.3 Å². The van der Waals surface area contributed by atoms with Crippen LogP contribution in [0.1, 0.15) is 5.69 Å². The van der Waals surface area contributed by atoms with Crippen LogP contribution in [0.25, 0.3) is 0 Å². The molecule has 4 heteroatoms. The van der Waals surface area contributed by atoms with Gasteiger partial charge in [-0.3, -0.25) is 0 Å². The summed E-state index contributed by atoms with van der Waals surface area (Å²) in [5, 5.41) is 8.75. The predicted molar refractivity (Wildman–Crippen MR) is 40.5 cm³/mol. The first-order valence-corrected chi connectivity index (χ1v) is 3.26. The number of pyridine rings is 1. The molecule has 1 aromatic rings. The van der Waals surface area contributed by atoms with Crippen LogP contribution < -0.4 is 4.74 Å². The Hall–Kier alpha value is -1.27. The van der Waals surface area contributed by atoms with Crippen LogP contribution in [0.4, 0.5) is 0 Å². The minimum absolute atomic E-state index is 0.186. The van der Waals surface area contributed by atoms with E-state index in [9.17, 15) is 0 Å². The summed E-state index contributed by atoms with van der Waals surface area (Å²) in [6.45, 7) is 0. The Bertz CT molecular complexity index is 306. The quantitative estimate of drug-likeness (QED) is 0.640. The Kier molecular flexibility index (Phi) is 2.29. The van der Waals surface area contributed by atoms with E-state index in [2.05, 4.69) is 4.98 Å². The van der Waals surface area contributed by atoms with Crippen LogP contribution in [0.2, 0.25) is 5.02 Å². The van der Waals surface area contributed by atoms with Gasteiger partial charge in [0.05, 0.1) is 7.11 Å². The van der Waals surface area contributed by atoms with E-state index < -0.39 is 0 Å². The zero-order valence-corrected chi connectivity index (χ0v) is 6.59. The highest BCUT2D eigenvalue weighted by atomic mass is 35.5. The van der Waals surface area contributed by atoms with Gasteiger partial charge < -0.3 is 4.74 Å². The molecule has 0 spiro atoms. The average molecular weight is 169 g/mol. The van der Waals surface area contributed by atoms with E-state index in [1.165, 1.54) is 13.3 Å². The lowest BCUT2D eigenvalue weighted by Crippen LogP contribution is -1.88. The molecule has 0 atom stereocenters. The molecule has 0 aromatic carbocycles. The van der Waals surface area contributed by atoms with E-state index in [1.807, 2.05) is 6.07 Å². The Morgan fingerprint density at radius 3 is 3.00 bits per heavy atom. The maximum absolute atomic E-state index is 8.49. The van der Waals surface area contributed by atoms with Gasteiger partial charge in [-0.25, -0.2) is 4.98 Å². The molecule has 0 radical (unpaired) electrons. The maximum atomic E-state index is 8.49. The van der Waals surface area contributed by atoms with Gasteiger partial charge in [-0.15, -0.1) is 0 Å². The van der Waals surface area contributed by atoms with Gasteiger partial charge in [-0.1, -0.05) is 11.6 Å². The number of halogens is 1. The van der Waals surface area contributed by atoms with Crippen molar-refractivity contribution in [1.82, 2.24) is 4.98 Å². The van der Waals surface area contributed by atoms with E-state index in [-0.39, 0.29) is 10.7 Å². The average Bonchev–Trinajstić information content (AvgIpc) is 2.05. The van der Waals surface area contributed by atoms with E-state index in [4.69, 9.17) is 21.6 Å². The molecule has 0 aliphatic carbocycles. The third kappa shape index (κ3) is 1.41. The topological polar surface area (TPSA) is 45.9 Å². The molecular formula is C7H5ClN2O. The Morgan fingerprint density at radius 2 is 2.45 bits per heavy atom. The van der Waals surface area contributed by atoms with Crippen molar-refractivity contribution in [3.8, 4) is 11.8 Å². The highest BCUT2D eigenvalue weighted by Crippen LogP contribution is 2.24. The van der Waals surface area contributed by atoms with Crippen molar-refractivity contribution in [2.24, 2.45) is 0 Å². The molecule has 11 heavy (non-hydrogen) atoms. The van der Waals surface area contributed by atoms with Crippen LogP contribution >= 0.6 is 11.6 Å². The predicted octanol–water partition coefficient (Wildman–Crippen LogP) is 1.62. The first-order valence-electron chi connectivity index (χ1n) is 2.88. The summed E-state index contributed by atoms with van der Waals surface area (Å²) in [6.07, 6.45) is 1.48. The lowest BCUT2D eigenvalue weighted by Gasteiger charge is -2.00. The first-order chi connectivity index (χ1) is 5.29. The van der Waals surface area contributed by atoms with Crippen molar-refractivity contribution in [1.29, 1.82) is 5.26 Å². The number of nitrogens with zero attached hydrogens (tertiary/aromatic N) is 2. The lowest BCUT2D eigenvalue weighted by molar-refractivity contribution is 0.414. The lowest BCUT2D eigenvalue weighted by atomic mass is 10.3. The van der Waals surface area contributed by atoms with Crippen molar-refractivity contribution < 1.29 is 4.74 Å². The van der Waals surface area contributed by atoms with Gasteiger partial charge in [-0.05, 0) is 0 Å². The Balaban J connectivity index is 3.23. The number of aromatic nitrogens is 1. The van der Waals surface area contributed by atoms with E-state index in [0.29, 0.717) is 5.75 Å². The minimum Gasteiger partial charge on any atom is -0.495 e. The molecule has 0 fully saturated rings. The fourth-order valence-corrected chi connectivity index (χ4v) is 0.893. The van der Waals surface area contributed by atoms with E-state index in [1.54, 1.807) is 6.07 Å². The van der Waals surface area contributed by atoms with E-state index >= 15 is 0 Å². The van der Waals surface area contributed by atoms with Crippen molar-refractivity contribution in [2.75, 3.05) is 7.11 Å². The third-order valence-electron chi connectivity index (χ3n) is 1.18. The van der Waals surface area contributed by atoms with Gasteiger partial charge in [0.1, 0.15) is 16.8 Å². The van der Waals surface area contributed by atoms with Crippen LogP contribution in [0.5, 0.6) is 5.75 Å². The summed E-state index contributed by atoms with van der Waals surface area (Å²) in [7, 11) is 1.49. The molecule has 0 bridgehead atoms. The summed E-state index contributed by atoms with van der Waals surface area (Å²) in [4.78, 5) is 3.73. The number of ether oxygens (including phenoxy) is 1. The van der Waals surface area contributed by atoms with Crippen LogP contribution in [0.15, 0.2) is 12.3 Å². The van der Waals surface area contributed by atoms with Crippen LogP contribution in [-0.4, -0.2) is 12.1 Å². The van der Waals surface area contributed by atoms with Crippen molar-refractivity contribution in [3.05, 3.63) is 23.0 Å². The number of rotatable bonds is 1. The summed E-state index contributed by atoms with van der Waals surface area (Å²) in [6, 6.07) is 3.45. The monoisotopic (exact) mass is 168 g/mol. The molecule has 0 aliphatic heterocycles. The summed E-state index contributed by atoms with van der Waals surface area (Å²) in [5.41, 5.74) is 0.186. The highest BCUT2D eigenvalue weighted by Gasteiger charge is 2.05. The summed E-state index contributed by atoms with van der Waals surface area (Å²) >= 11 is 5.70. The third-order valence-corrected chi connectivity index (χ3v) is 1.54. The van der Waals surface area contributed by atoms with Crippen molar-refractivity contribution in [3.63, 3.8) is 0 Å². The smallest absolute Gasteiger partial charge is 0.162 e. The second-order valence-corrected chi connectivity index (χ2v) is 2.17. The summed E-state index contributed by atoms with van der Waals surface area (Å²) < 4.78 is 4.86. The molecular weight excluding hydrogens is 164 g/mol. The van der Waals surface area contributed by atoms with Crippen LogP contribution in [0, 0.1) is 11.3 Å². The fraction of sp³-hybridized carbons (Fsp3) is 0.143. The number of hydrogen-bond donors (Lipinski definition) is 0. The molecule has 0 saturated heterocycles. The maximum Gasteiger partial charge on any atom is 0.162 e. The van der Waals surface area contributed by atoms with Crippen molar-refractivity contribution in [2.45, 2.75) is 0 Å². The van der Waals surface area contributed by atoms with E-state index in [0.717, 1.165) is 0 Å². The molecule has 0 saturated carbocycles. The molecule has 56 valence electrons. The normalized spacial score (nSPS) is 8.82. The second kappa shape index (κ2) is 3.22. The highest BCUT2D eigenvalue weighted by molar-refractivity contribution is 6.32. The summed E-state index contributed by atoms with van der Waals surface area (Å²) in [5.74, 6) is 0.471. The number of methoxy groups -OCH3 is 1. The molecule has 0 amide bonds. The minimum atomic E-state index is 0.186. The Morgan fingerprint density at radius 1 is 1.73 bits per heavy atom. The second-order valence-electron chi connectivity index (χ2n) is 1.79. The van der Waals surface area contributed by atoms with Gasteiger partial charge in [-0.2, -0.15) is 5.26 Å². The molecule has 0 unspecified atom stereocenters. The molecule has 0 aliphatic rings. The number of nitriles is 1. The molecule has 1 heterocycles. The molecule has 1 aromatic heterocycles. The van der Waals surface area contributed by atoms with Gasteiger partial charge >= 0.3 is 0 Å². The number of hydrogen-bond acceptors (Lipinski definition) is 3. The SMILES string of the molecule is COc1ccnc(C#N)c1Cl. The molecule has 0 N–H and O–H groups in total. The fourth-order valence-electron chi connectivity index (χ4n) is 0.662. The zero-order valence-electron chi connectivity index (χ0n) is 5.84. The Labute approximate surface area is 69.2 Å². The van der Waals surface area contributed by atoms with Gasteiger partial charge in [0.15, 0.2) is 5.69 Å². The van der Waals surface area contributed by atoms with Crippen LogP contribution in [-0.2, 0) is 0 Å². The van der Waals surface area contributed by atoms with Crippen LogP contribution in [0.3, 0.4) is 0 Å². The van der Waals surface area contributed by atoms with Gasteiger partial charge in [0.25, 0.3) is 0 Å². The largest absolute Gasteiger partial charge is 0.495 e. The zero-order chi connectivity index (χ0) is 8.27. The first kappa shape index (κ1) is 7.83. The molecule has 3 nitrogen and oxygen atoms in total. The standard InChI is InChI=1S/C7H5ClN2O/c1-11-6-2-3-10-5(4-9)7(6)8/h2-3H,1H3. The molecule has 1 rings (SSSR count).